The summed E-state index contributed by atoms with van der Waals surface area (Å²) in [5.41, 5.74) is 1.88. The molecule has 1 fully saturated rings. The lowest BCUT2D eigenvalue weighted by Crippen LogP contribution is -2.26. The molecule has 88 valence electrons. The molecule has 0 aromatic heterocycles. The fraction of sp³-hybridized carbons (Fsp3) is 0.500. The maximum absolute atomic E-state index is 9.02. The number of aliphatic hydroxyl groups excluding tert-OH is 1. The van der Waals surface area contributed by atoms with E-state index >= 15 is 0 Å². The van der Waals surface area contributed by atoms with Gasteiger partial charge in [-0.2, -0.15) is 0 Å². The standard InChI is InChI=1S/C12H16ClNO2/c13-11-8-10(9-15)2-3-12(11)14-4-1-6-16-7-5-14/h2-3,8,15H,1,4-7,9H2. The summed E-state index contributed by atoms with van der Waals surface area (Å²) in [4.78, 5) is 2.23. The van der Waals surface area contributed by atoms with Gasteiger partial charge < -0.3 is 14.7 Å². The lowest BCUT2D eigenvalue weighted by molar-refractivity contribution is 0.152. The van der Waals surface area contributed by atoms with Crippen molar-refractivity contribution in [2.45, 2.75) is 13.0 Å². The Morgan fingerprint density at radius 3 is 2.94 bits per heavy atom. The van der Waals surface area contributed by atoms with Crippen LogP contribution in [0, 0.1) is 0 Å². The summed E-state index contributed by atoms with van der Waals surface area (Å²) in [6.45, 7) is 3.44. The lowest BCUT2D eigenvalue weighted by Gasteiger charge is -2.23. The Labute approximate surface area is 101 Å². The number of ether oxygens (including phenoxy) is 1. The van der Waals surface area contributed by atoms with Crippen LogP contribution in [0.15, 0.2) is 18.2 Å². The van der Waals surface area contributed by atoms with E-state index in [4.69, 9.17) is 21.4 Å². The molecule has 0 amide bonds. The molecule has 16 heavy (non-hydrogen) atoms. The van der Waals surface area contributed by atoms with Crippen molar-refractivity contribution < 1.29 is 9.84 Å². The number of hydrogen-bond donors (Lipinski definition) is 1. The number of anilines is 1. The monoisotopic (exact) mass is 241 g/mol. The smallest absolute Gasteiger partial charge is 0.0682 e. The van der Waals surface area contributed by atoms with E-state index in [1.807, 2.05) is 18.2 Å². The average Bonchev–Trinajstić information content (AvgIpc) is 2.57. The first-order valence-corrected chi connectivity index (χ1v) is 5.91. The van der Waals surface area contributed by atoms with Crippen LogP contribution >= 0.6 is 11.6 Å². The van der Waals surface area contributed by atoms with Gasteiger partial charge in [0.05, 0.1) is 23.9 Å². The van der Waals surface area contributed by atoms with Crippen LogP contribution in [0.1, 0.15) is 12.0 Å². The second kappa shape index (κ2) is 5.53. The third-order valence-corrected chi connectivity index (χ3v) is 3.06. The molecule has 0 radical (unpaired) electrons. The van der Waals surface area contributed by atoms with Crippen LogP contribution < -0.4 is 4.90 Å². The Morgan fingerprint density at radius 2 is 2.19 bits per heavy atom. The molecule has 0 unspecified atom stereocenters. The second-order valence-corrected chi connectivity index (χ2v) is 4.30. The van der Waals surface area contributed by atoms with Crippen LogP contribution in [-0.2, 0) is 11.3 Å². The highest BCUT2D eigenvalue weighted by Gasteiger charge is 2.13. The van der Waals surface area contributed by atoms with Crippen LogP contribution in [0.5, 0.6) is 0 Å². The molecule has 1 aliphatic heterocycles. The molecule has 0 bridgehead atoms. The Hall–Kier alpha value is -0.770. The van der Waals surface area contributed by atoms with Gasteiger partial charge in [-0.15, -0.1) is 0 Å². The summed E-state index contributed by atoms with van der Waals surface area (Å²) in [5, 5.41) is 9.72. The highest BCUT2D eigenvalue weighted by Crippen LogP contribution is 2.27. The van der Waals surface area contributed by atoms with E-state index < -0.39 is 0 Å². The van der Waals surface area contributed by atoms with E-state index in [1.165, 1.54) is 0 Å². The molecule has 1 N–H and O–H groups in total. The van der Waals surface area contributed by atoms with Gasteiger partial charge in [0, 0.05) is 19.7 Å². The summed E-state index contributed by atoms with van der Waals surface area (Å²) in [6.07, 6.45) is 1.03. The van der Waals surface area contributed by atoms with Crippen LogP contribution in [0.2, 0.25) is 5.02 Å². The van der Waals surface area contributed by atoms with Crippen molar-refractivity contribution in [3.05, 3.63) is 28.8 Å². The Morgan fingerprint density at radius 1 is 1.31 bits per heavy atom. The summed E-state index contributed by atoms with van der Waals surface area (Å²) in [5.74, 6) is 0. The van der Waals surface area contributed by atoms with Crippen LogP contribution in [0.25, 0.3) is 0 Å². The van der Waals surface area contributed by atoms with Gasteiger partial charge in [-0.05, 0) is 24.1 Å². The quantitative estimate of drug-likeness (QED) is 0.861. The molecule has 0 atom stereocenters. The average molecular weight is 242 g/mol. The maximum Gasteiger partial charge on any atom is 0.0682 e. The zero-order valence-electron chi connectivity index (χ0n) is 9.16. The number of hydrogen-bond acceptors (Lipinski definition) is 3. The van der Waals surface area contributed by atoms with Gasteiger partial charge in [-0.25, -0.2) is 0 Å². The molecule has 1 aromatic rings. The molecule has 1 heterocycles. The van der Waals surface area contributed by atoms with E-state index in [0.717, 1.165) is 44.0 Å². The molecule has 0 saturated carbocycles. The number of nitrogens with zero attached hydrogens (tertiary/aromatic N) is 1. The Balaban J connectivity index is 2.18. The SMILES string of the molecule is OCc1ccc(N2CCCOCC2)c(Cl)c1. The topological polar surface area (TPSA) is 32.7 Å². The summed E-state index contributed by atoms with van der Waals surface area (Å²) in [7, 11) is 0. The molecule has 2 rings (SSSR count). The first kappa shape index (κ1) is 11.7. The van der Waals surface area contributed by atoms with Crippen molar-refractivity contribution >= 4 is 17.3 Å². The highest BCUT2D eigenvalue weighted by molar-refractivity contribution is 6.33. The number of aliphatic hydroxyl groups is 1. The molecule has 1 aliphatic rings. The van der Waals surface area contributed by atoms with Crippen LogP contribution in [0.3, 0.4) is 0 Å². The Bertz CT molecular complexity index is 349. The zero-order valence-corrected chi connectivity index (χ0v) is 9.91. The first-order valence-electron chi connectivity index (χ1n) is 5.53. The van der Waals surface area contributed by atoms with Crippen molar-refractivity contribution in [1.82, 2.24) is 0 Å². The van der Waals surface area contributed by atoms with E-state index in [2.05, 4.69) is 4.90 Å². The minimum Gasteiger partial charge on any atom is -0.392 e. The Kier molecular flexibility index (Phi) is 4.04. The van der Waals surface area contributed by atoms with Gasteiger partial charge in [0.2, 0.25) is 0 Å². The van der Waals surface area contributed by atoms with Gasteiger partial charge >= 0.3 is 0 Å². The predicted octanol–water partition coefficient (Wildman–Crippen LogP) is 2.06. The van der Waals surface area contributed by atoms with Crippen LogP contribution in [-0.4, -0.2) is 31.4 Å². The number of benzene rings is 1. The fourth-order valence-corrected chi connectivity index (χ4v) is 2.21. The zero-order chi connectivity index (χ0) is 11.4. The molecule has 4 heteroatoms. The van der Waals surface area contributed by atoms with E-state index in [9.17, 15) is 0 Å². The largest absolute Gasteiger partial charge is 0.392 e. The van der Waals surface area contributed by atoms with Crippen LogP contribution in [0.4, 0.5) is 5.69 Å². The lowest BCUT2D eigenvalue weighted by atomic mass is 10.2. The van der Waals surface area contributed by atoms with Crippen molar-refractivity contribution in [2.75, 3.05) is 31.2 Å². The van der Waals surface area contributed by atoms with Crippen molar-refractivity contribution in [3.8, 4) is 0 Å². The molecule has 1 aromatic carbocycles. The maximum atomic E-state index is 9.02. The minimum absolute atomic E-state index is 0.0309. The molecular formula is C12H16ClNO2. The molecule has 0 aliphatic carbocycles. The summed E-state index contributed by atoms with van der Waals surface area (Å²) in [6, 6.07) is 5.70. The molecule has 3 nitrogen and oxygen atoms in total. The summed E-state index contributed by atoms with van der Waals surface area (Å²) >= 11 is 6.20. The minimum atomic E-state index is 0.0309. The van der Waals surface area contributed by atoms with E-state index in [-0.39, 0.29) is 6.61 Å². The highest BCUT2D eigenvalue weighted by atomic mass is 35.5. The van der Waals surface area contributed by atoms with Gasteiger partial charge in [-0.3, -0.25) is 0 Å². The molecule has 1 saturated heterocycles. The van der Waals surface area contributed by atoms with Gasteiger partial charge in [0.25, 0.3) is 0 Å². The van der Waals surface area contributed by atoms with Gasteiger partial charge in [0.1, 0.15) is 0 Å². The molecule has 0 spiro atoms. The fourth-order valence-electron chi connectivity index (χ4n) is 1.89. The third kappa shape index (κ3) is 2.67. The van der Waals surface area contributed by atoms with Crippen molar-refractivity contribution in [2.24, 2.45) is 0 Å². The van der Waals surface area contributed by atoms with Crippen molar-refractivity contribution in [3.63, 3.8) is 0 Å². The normalized spacial score (nSPS) is 17.2. The van der Waals surface area contributed by atoms with Crippen molar-refractivity contribution in [1.29, 1.82) is 0 Å². The molecular weight excluding hydrogens is 226 g/mol. The van der Waals surface area contributed by atoms with E-state index in [0.29, 0.717) is 5.02 Å². The van der Waals surface area contributed by atoms with E-state index in [1.54, 1.807) is 0 Å². The number of rotatable bonds is 2. The van der Waals surface area contributed by atoms with Gasteiger partial charge in [-0.1, -0.05) is 17.7 Å². The first-order chi connectivity index (χ1) is 7.81. The predicted molar refractivity (Wildman–Crippen MR) is 65.0 cm³/mol. The number of halogens is 1. The summed E-state index contributed by atoms with van der Waals surface area (Å²) < 4.78 is 5.41. The van der Waals surface area contributed by atoms with Gasteiger partial charge in [0.15, 0.2) is 0 Å². The second-order valence-electron chi connectivity index (χ2n) is 3.90. The third-order valence-electron chi connectivity index (χ3n) is 2.76.